The Hall–Kier alpha value is -1.42. The van der Waals surface area contributed by atoms with E-state index in [0.29, 0.717) is 6.04 Å². The molecule has 1 aromatic heterocycles. The van der Waals surface area contributed by atoms with Crippen LogP contribution in [0.2, 0.25) is 0 Å². The highest BCUT2D eigenvalue weighted by Gasteiger charge is 2.21. The van der Waals surface area contributed by atoms with Crippen LogP contribution in [-0.2, 0) is 0 Å². The normalized spacial score (nSPS) is 14.6. The van der Waals surface area contributed by atoms with E-state index in [4.69, 9.17) is 0 Å². The van der Waals surface area contributed by atoms with Gasteiger partial charge in [0.2, 0.25) is 0 Å². The number of benzene rings is 1. The van der Waals surface area contributed by atoms with E-state index in [0.717, 1.165) is 21.5 Å². The van der Waals surface area contributed by atoms with Crippen LogP contribution in [0.1, 0.15) is 12.8 Å². The minimum Gasteiger partial charge on any atom is -0.366 e. The van der Waals surface area contributed by atoms with Crippen molar-refractivity contribution in [3.05, 3.63) is 40.9 Å². The van der Waals surface area contributed by atoms with Crippen LogP contribution in [0.3, 0.4) is 0 Å². The largest absolute Gasteiger partial charge is 0.366 e. The Balaban J connectivity index is 1.83. The van der Waals surface area contributed by atoms with Crippen molar-refractivity contribution in [1.29, 1.82) is 0 Å². The fraction of sp³-hybridized carbons (Fsp3) is 0.231. The van der Waals surface area contributed by atoms with Crippen LogP contribution in [0.4, 0.5) is 5.82 Å². The summed E-state index contributed by atoms with van der Waals surface area (Å²) in [6.45, 7) is 0. The number of rotatable bonds is 3. The van der Waals surface area contributed by atoms with Crippen molar-refractivity contribution in [3.63, 3.8) is 0 Å². The van der Waals surface area contributed by atoms with E-state index in [9.17, 15) is 0 Å². The van der Waals surface area contributed by atoms with E-state index in [1.54, 1.807) is 0 Å². The molecule has 1 aromatic carbocycles. The third kappa shape index (κ3) is 2.64. The van der Waals surface area contributed by atoms with E-state index in [1.165, 1.54) is 12.8 Å². The van der Waals surface area contributed by atoms with Gasteiger partial charge >= 0.3 is 0 Å². The molecule has 0 unspecified atom stereocenters. The van der Waals surface area contributed by atoms with Crippen LogP contribution >= 0.6 is 15.9 Å². The average molecular weight is 290 g/mol. The van der Waals surface area contributed by atoms with Gasteiger partial charge < -0.3 is 5.32 Å². The summed E-state index contributed by atoms with van der Waals surface area (Å²) in [4.78, 5) is 0. The third-order valence-electron chi connectivity index (χ3n) is 2.71. The molecule has 1 heterocycles. The lowest BCUT2D eigenvalue weighted by Gasteiger charge is -2.04. The predicted octanol–water partition coefficient (Wildman–Crippen LogP) is 3.48. The van der Waals surface area contributed by atoms with Crippen molar-refractivity contribution in [3.8, 4) is 11.3 Å². The van der Waals surface area contributed by atoms with E-state index in [1.807, 2.05) is 36.4 Å². The summed E-state index contributed by atoms with van der Waals surface area (Å²) in [5.74, 6) is 0.867. The molecule has 0 aliphatic heterocycles. The molecule has 4 heteroatoms. The van der Waals surface area contributed by atoms with Gasteiger partial charge in [-0.1, -0.05) is 28.1 Å². The zero-order valence-electron chi connectivity index (χ0n) is 9.23. The first kappa shape index (κ1) is 10.7. The molecular weight excluding hydrogens is 278 g/mol. The summed E-state index contributed by atoms with van der Waals surface area (Å²) in [7, 11) is 0. The highest BCUT2D eigenvalue weighted by molar-refractivity contribution is 9.10. The van der Waals surface area contributed by atoms with Gasteiger partial charge in [-0.3, -0.25) is 0 Å². The molecule has 0 bridgehead atoms. The zero-order chi connectivity index (χ0) is 11.7. The molecule has 0 radical (unpaired) electrons. The Morgan fingerprint density at radius 3 is 2.65 bits per heavy atom. The van der Waals surface area contributed by atoms with E-state index in [-0.39, 0.29) is 0 Å². The van der Waals surface area contributed by atoms with Gasteiger partial charge in [0.25, 0.3) is 0 Å². The summed E-state index contributed by atoms with van der Waals surface area (Å²) >= 11 is 3.45. The van der Waals surface area contributed by atoms with Crippen molar-refractivity contribution in [2.45, 2.75) is 18.9 Å². The van der Waals surface area contributed by atoms with Crippen LogP contribution in [0.15, 0.2) is 40.9 Å². The van der Waals surface area contributed by atoms with Crippen molar-refractivity contribution < 1.29 is 0 Å². The number of aromatic nitrogens is 2. The maximum absolute atomic E-state index is 4.24. The van der Waals surface area contributed by atoms with Crippen LogP contribution in [0.5, 0.6) is 0 Å². The van der Waals surface area contributed by atoms with Crippen molar-refractivity contribution in [2.24, 2.45) is 0 Å². The standard InChI is InChI=1S/C13H12BrN3/c14-10-3-1-2-9(8-10)12-6-7-13(17-16-12)15-11-4-5-11/h1-3,6-8,11H,4-5H2,(H,15,17). The quantitative estimate of drug-likeness (QED) is 0.940. The monoisotopic (exact) mass is 289 g/mol. The summed E-state index contributed by atoms with van der Waals surface area (Å²) < 4.78 is 1.05. The summed E-state index contributed by atoms with van der Waals surface area (Å²) in [5, 5.41) is 11.7. The minimum atomic E-state index is 0.612. The Morgan fingerprint density at radius 2 is 2.00 bits per heavy atom. The lowest BCUT2D eigenvalue weighted by molar-refractivity contribution is 1.00. The van der Waals surface area contributed by atoms with Crippen LogP contribution in [-0.4, -0.2) is 16.2 Å². The maximum atomic E-state index is 4.24. The molecule has 1 N–H and O–H groups in total. The number of hydrogen-bond donors (Lipinski definition) is 1. The SMILES string of the molecule is Brc1cccc(-c2ccc(NC3CC3)nn2)c1. The highest BCUT2D eigenvalue weighted by atomic mass is 79.9. The second kappa shape index (κ2) is 4.45. The number of nitrogens with one attached hydrogen (secondary N) is 1. The second-order valence-corrected chi connectivity index (χ2v) is 5.15. The molecule has 1 aliphatic rings. The smallest absolute Gasteiger partial charge is 0.148 e. The van der Waals surface area contributed by atoms with Crippen molar-refractivity contribution in [1.82, 2.24) is 10.2 Å². The van der Waals surface area contributed by atoms with Gasteiger partial charge in [-0.05, 0) is 37.1 Å². The van der Waals surface area contributed by atoms with Crippen molar-refractivity contribution >= 4 is 21.7 Å². The summed E-state index contributed by atoms with van der Waals surface area (Å²) in [5.41, 5.74) is 1.97. The number of halogens is 1. The molecule has 17 heavy (non-hydrogen) atoms. The zero-order valence-corrected chi connectivity index (χ0v) is 10.8. The molecule has 86 valence electrons. The van der Waals surface area contributed by atoms with Gasteiger partial charge in [0.15, 0.2) is 0 Å². The molecule has 1 fully saturated rings. The highest BCUT2D eigenvalue weighted by Crippen LogP contribution is 2.25. The van der Waals surface area contributed by atoms with E-state index in [2.05, 4.69) is 31.4 Å². The predicted molar refractivity (Wildman–Crippen MR) is 71.8 cm³/mol. The lowest BCUT2D eigenvalue weighted by atomic mass is 10.1. The molecule has 0 atom stereocenters. The maximum Gasteiger partial charge on any atom is 0.148 e. The lowest BCUT2D eigenvalue weighted by Crippen LogP contribution is -2.03. The molecular formula is C13H12BrN3. The van der Waals surface area contributed by atoms with Crippen LogP contribution < -0.4 is 5.32 Å². The van der Waals surface area contributed by atoms with Gasteiger partial charge in [-0.15, -0.1) is 10.2 Å². The first-order chi connectivity index (χ1) is 8.31. The Bertz CT molecular complexity index is 520. The fourth-order valence-electron chi connectivity index (χ4n) is 1.65. The molecule has 0 amide bonds. The Labute approximate surface area is 108 Å². The van der Waals surface area contributed by atoms with Gasteiger partial charge in [-0.2, -0.15) is 0 Å². The fourth-order valence-corrected chi connectivity index (χ4v) is 2.05. The first-order valence-electron chi connectivity index (χ1n) is 5.67. The summed E-state index contributed by atoms with van der Waals surface area (Å²) in [6.07, 6.45) is 2.49. The second-order valence-electron chi connectivity index (χ2n) is 4.23. The average Bonchev–Trinajstić information content (AvgIpc) is 3.14. The van der Waals surface area contributed by atoms with Gasteiger partial charge in [0.1, 0.15) is 5.82 Å². The van der Waals surface area contributed by atoms with Gasteiger partial charge in [0, 0.05) is 16.1 Å². The number of nitrogens with zero attached hydrogens (tertiary/aromatic N) is 2. The van der Waals surface area contributed by atoms with Crippen LogP contribution in [0.25, 0.3) is 11.3 Å². The minimum absolute atomic E-state index is 0.612. The Morgan fingerprint density at radius 1 is 1.12 bits per heavy atom. The molecule has 0 spiro atoms. The Kier molecular flexibility index (Phi) is 2.81. The number of anilines is 1. The molecule has 0 saturated heterocycles. The molecule has 1 saturated carbocycles. The molecule has 3 nitrogen and oxygen atoms in total. The number of hydrogen-bond acceptors (Lipinski definition) is 3. The molecule has 2 aromatic rings. The van der Waals surface area contributed by atoms with Gasteiger partial charge in [-0.25, -0.2) is 0 Å². The van der Waals surface area contributed by atoms with Gasteiger partial charge in [0.05, 0.1) is 5.69 Å². The van der Waals surface area contributed by atoms with Crippen LogP contribution in [0, 0.1) is 0 Å². The molecule has 3 rings (SSSR count). The first-order valence-corrected chi connectivity index (χ1v) is 6.47. The topological polar surface area (TPSA) is 37.8 Å². The van der Waals surface area contributed by atoms with E-state index < -0.39 is 0 Å². The third-order valence-corrected chi connectivity index (χ3v) is 3.21. The molecule has 1 aliphatic carbocycles. The summed E-state index contributed by atoms with van der Waals surface area (Å²) in [6, 6.07) is 12.7. The van der Waals surface area contributed by atoms with Crippen molar-refractivity contribution in [2.75, 3.05) is 5.32 Å². The van der Waals surface area contributed by atoms with E-state index >= 15 is 0 Å².